The third-order valence-electron chi connectivity index (χ3n) is 7.13. The maximum atomic E-state index is 15.0. The van der Waals surface area contributed by atoms with Crippen molar-refractivity contribution in [1.29, 1.82) is 0 Å². The Morgan fingerprint density at radius 3 is 2.79 bits per heavy atom. The number of hydrogen-bond acceptors (Lipinski definition) is 5. The van der Waals surface area contributed by atoms with Crippen LogP contribution in [0, 0.1) is 18.8 Å². The number of imidazole rings is 1. The lowest BCUT2D eigenvalue weighted by Gasteiger charge is -2.34. The van der Waals surface area contributed by atoms with Crippen molar-refractivity contribution in [2.45, 2.75) is 45.6 Å². The van der Waals surface area contributed by atoms with E-state index in [1.165, 1.54) is 10.8 Å². The molecule has 2 saturated heterocycles. The molecule has 0 aliphatic carbocycles. The Balaban J connectivity index is 1.35. The Bertz CT molecular complexity index is 1390. The molecule has 0 saturated carbocycles. The van der Waals surface area contributed by atoms with Crippen molar-refractivity contribution in [3.63, 3.8) is 0 Å². The number of halogens is 1. The predicted octanol–water partition coefficient (Wildman–Crippen LogP) is 4.04. The van der Waals surface area contributed by atoms with Crippen molar-refractivity contribution in [2.75, 3.05) is 24.5 Å². The molecule has 176 valence electrons. The summed E-state index contributed by atoms with van der Waals surface area (Å²) >= 11 is 0. The van der Waals surface area contributed by atoms with Gasteiger partial charge in [-0.3, -0.25) is 9.20 Å². The SMILES string of the molecule is Cc1cn2nc([C@@H]3CCCCN3C(=O)c3nc4ccccn4c3F)cc2nc1N1CC[C@H](C)C1. The Hall–Kier alpha value is -3.49. The highest BCUT2D eigenvalue weighted by Crippen LogP contribution is 2.33. The van der Waals surface area contributed by atoms with E-state index in [-0.39, 0.29) is 17.6 Å². The summed E-state index contributed by atoms with van der Waals surface area (Å²) in [5.74, 6) is 0.659. The van der Waals surface area contributed by atoms with Gasteiger partial charge < -0.3 is 9.80 Å². The van der Waals surface area contributed by atoms with Gasteiger partial charge in [0.1, 0.15) is 11.5 Å². The molecule has 1 amide bonds. The topological polar surface area (TPSA) is 71.0 Å². The number of rotatable bonds is 3. The zero-order valence-electron chi connectivity index (χ0n) is 19.5. The first-order valence-electron chi connectivity index (χ1n) is 12.0. The maximum Gasteiger partial charge on any atom is 0.277 e. The normalized spacial score (nSPS) is 21.1. The Morgan fingerprint density at radius 1 is 1.12 bits per heavy atom. The molecule has 2 aliphatic heterocycles. The van der Waals surface area contributed by atoms with Gasteiger partial charge in [0.2, 0.25) is 5.95 Å². The van der Waals surface area contributed by atoms with E-state index in [9.17, 15) is 4.79 Å². The zero-order valence-corrected chi connectivity index (χ0v) is 19.5. The van der Waals surface area contributed by atoms with Crippen LogP contribution in [0.1, 0.15) is 60.4 Å². The standard InChI is InChI=1S/C25H28FN7O/c1-16-9-12-30(14-16)24-17(2)15-33-21(28-24)13-18(29-33)19-7-3-5-10-31(19)25(34)22-23(26)32-11-6-4-8-20(32)27-22/h4,6,8,11,13,15-16,19H,3,5,7,9-10,12,14H2,1-2H3/t16-,19-/m0/s1. The second-order valence-electron chi connectivity index (χ2n) is 9.65. The van der Waals surface area contributed by atoms with Gasteiger partial charge in [-0.1, -0.05) is 13.0 Å². The van der Waals surface area contributed by atoms with E-state index in [4.69, 9.17) is 10.1 Å². The van der Waals surface area contributed by atoms with Crippen molar-refractivity contribution < 1.29 is 9.18 Å². The Labute approximate surface area is 197 Å². The molecule has 0 bridgehead atoms. The first-order valence-corrected chi connectivity index (χ1v) is 12.0. The minimum atomic E-state index is -0.623. The minimum Gasteiger partial charge on any atom is -0.356 e. The second kappa shape index (κ2) is 8.07. The van der Waals surface area contributed by atoms with Crippen molar-refractivity contribution in [2.24, 2.45) is 5.92 Å². The summed E-state index contributed by atoms with van der Waals surface area (Å²) in [6.07, 6.45) is 7.41. The van der Waals surface area contributed by atoms with Gasteiger partial charge in [-0.05, 0) is 50.7 Å². The highest BCUT2D eigenvalue weighted by Gasteiger charge is 2.34. The average Bonchev–Trinajstić information content (AvgIpc) is 3.55. The van der Waals surface area contributed by atoms with E-state index in [1.54, 1.807) is 33.8 Å². The molecule has 6 rings (SSSR count). The number of piperidine rings is 1. The van der Waals surface area contributed by atoms with Crippen LogP contribution in [0.2, 0.25) is 0 Å². The fourth-order valence-electron chi connectivity index (χ4n) is 5.35. The van der Waals surface area contributed by atoms with Gasteiger partial charge in [0.15, 0.2) is 11.3 Å². The van der Waals surface area contributed by atoms with Crippen LogP contribution in [0.25, 0.3) is 11.3 Å². The summed E-state index contributed by atoms with van der Waals surface area (Å²) in [4.78, 5) is 26.7. The highest BCUT2D eigenvalue weighted by molar-refractivity contribution is 5.93. The smallest absolute Gasteiger partial charge is 0.277 e. The number of carbonyl (C=O) groups excluding carboxylic acids is 1. The fraction of sp³-hybridized carbons (Fsp3) is 0.440. The number of fused-ring (bicyclic) bond motifs is 2. The van der Waals surface area contributed by atoms with Gasteiger partial charge in [0, 0.05) is 43.7 Å². The Kier molecular flexibility index (Phi) is 5.00. The molecular formula is C25H28FN7O. The summed E-state index contributed by atoms with van der Waals surface area (Å²) < 4.78 is 18.1. The first kappa shape index (κ1) is 21.1. The number of amides is 1. The molecule has 6 heterocycles. The van der Waals surface area contributed by atoms with Crippen molar-refractivity contribution in [1.82, 2.24) is 28.9 Å². The van der Waals surface area contributed by atoms with E-state index in [0.29, 0.717) is 18.1 Å². The molecule has 8 nitrogen and oxygen atoms in total. The number of pyridine rings is 1. The zero-order chi connectivity index (χ0) is 23.4. The summed E-state index contributed by atoms with van der Waals surface area (Å²) in [6, 6.07) is 6.94. The van der Waals surface area contributed by atoms with Crippen LogP contribution in [-0.4, -0.2) is 54.4 Å². The molecule has 0 N–H and O–H groups in total. The molecule has 0 radical (unpaired) electrons. The summed E-state index contributed by atoms with van der Waals surface area (Å²) in [5.41, 5.74) is 2.93. The number of likely N-dealkylation sites (tertiary alicyclic amines) is 1. The number of hydrogen-bond donors (Lipinski definition) is 0. The summed E-state index contributed by atoms with van der Waals surface area (Å²) in [7, 11) is 0. The number of anilines is 1. The lowest BCUT2D eigenvalue weighted by atomic mass is 9.99. The second-order valence-corrected chi connectivity index (χ2v) is 9.65. The van der Waals surface area contributed by atoms with Crippen LogP contribution in [0.5, 0.6) is 0 Å². The number of aryl methyl sites for hydroxylation is 1. The molecule has 2 atom stereocenters. The van der Waals surface area contributed by atoms with Crippen LogP contribution in [0.4, 0.5) is 10.2 Å². The fourth-order valence-corrected chi connectivity index (χ4v) is 5.35. The van der Waals surface area contributed by atoms with Gasteiger partial charge in [0.05, 0.1) is 11.7 Å². The number of carbonyl (C=O) groups is 1. The molecule has 4 aromatic heterocycles. The van der Waals surface area contributed by atoms with Crippen LogP contribution >= 0.6 is 0 Å². The lowest BCUT2D eigenvalue weighted by Crippen LogP contribution is -2.39. The number of nitrogens with zero attached hydrogens (tertiary/aromatic N) is 7. The van der Waals surface area contributed by atoms with E-state index in [1.807, 2.05) is 12.3 Å². The molecule has 0 unspecified atom stereocenters. The lowest BCUT2D eigenvalue weighted by molar-refractivity contribution is 0.0594. The molecular weight excluding hydrogens is 433 g/mol. The van der Waals surface area contributed by atoms with Crippen molar-refractivity contribution in [3.8, 4) is 0 Å². The first-order chi connectivity index (χ1) is 16.5. The predicted molar refractivity (Wildman–Crippen MR) is 126 cm³/mol. The third-order valence-corrected chi connectivity index (χ3v) is 7.13. The van der Waals surface area contributed by atoms with Crippen LogP contribution in [0.15, 0.2) is 36.7 Å². The van der Waals surface area contributed by atoms with E-state index < -0.39 is 5.95 Å². The highest BCUT2D eigenvalue weighted by atomic mass is 19.1. The molecule has 0 spiro atoms. The van der Waals surface area contributed by atoms with E-state index in [0.717, 1.165) is 55.1 Å². The average molecular weight is 462 g/mol. The molecule has 4 aromatic rings. The molecule has 2 fully saturated rings. The minimum absolute atomic E-state index is 0.138. The molecule has 0 aromatic carbocycles. The van der Waals surface area contributed by atoms with Crippen LogP contribution in [0.3, 0.4) is 0 Å². The quantitative estimate of drug-likeness (QED) is 0.461. The largest absolute Gasteiger partial charge is 0.356 e. The molecule has 9 heteroatoms. The van der Waals surface area contributed by atoms with Gasteiger partial charge >= 0.3 is 0 Å². The molecule has 34 heavy (non-hydrogen) atoms. The van der Waals surface area contributed by atoms with Gasteiger partial charge in [-0.2, -0.15) is 9.49 Å². The number of aromatic nitrogens is 5. The third kappa shape index (κ3) is 3.41. The van der Waals surface area contributed by atoms with E-state index in [2.05, 4.69) is 23.7 Å². The van der Waals surface area contributed by atoms with Crippen molar-refractivity contribution in [3.05, 3.63) is 59.6 Å². The summed E-state index contributed by atoms with van der Waals surface area (Å²) in [5, 5.41) is 4.79. The van der Waals surface area contributed by atoms with Gasteiger partial charge in [-0.15, -0.1) is 0 Å². The Morgan fingerprint density at radius 2 is 2.00 bits per heavy atom. The maximum absolute atomic E-state index is 15.0. The van der Waals surface area contributed by atoms with Gasteiger partial charge in [-0.25, -0.2) is 14.5 Å². The van der Waals surface area contributed by atoms with Crippen LogP contribution < -0.4 is 4.90 Å². The van der Waals surface area contributed by atoms with E-state index >= 15 is 4.39 Å². The van der Waals surface area contributed by atoms with Crippen LogP contribution in [-0.2, 0) is 0 Å². The summed E-state index contributed by atoms with van der Waals surface area (Å²) in [6.45, 7) is 6.91. The molecule has 2 aliphatic rings. The monoisotopic (exact) mass is 461 g/mol. The van der Waals surface area contributed by atoms with Crippen molar-refractivity contribution >= 4 is 23.0 Å². The van der Waals surface area contributed by atoms with Gasteiger partial charge in [0.25, 0.3) is 5.91 Å².